The first-order valence-corrected chi connectivity index (χ1v) is 15.6. The molecule has 10 heteroatoms. The highest BCUT2D eigenvalue weighted by Gasteiger charge is 2.48. The van der Waals surface area contributed by atoms with Crippen LogP contribution in [-0.4, -0.2) is 48.2 Å². The molecule has 1 fully saturated rings. The number of aromatic nitrogens is 1. The number of fused-ring (bicyclic) bond motifs is 2. The molecule has 1 amide bonds. The average Bonchev–Trinajstić information content (AvgIpc) is 3.69. The molecule has 3 heterocycles. The maximum Gasteiger partial charge on any atom is 0.301 e. The lowest BCUT2D eigenvalue weighted by Crippen LogP contribution is -2.29. The van der Waals surface area contributed by atoms with Crippen LogP contribution in [0.25, 0.3) is 16.0 Å². The van der Waals surface area contributed by atoms with E-state index in [0.29, 0.717) is 58.7 Å². The van der Waals surface area contributed by atoms with Gasteiger partial charge >= 0.3 is 5.91 Å². The number of nitrogens with zero attached hydrogens (tertiary/aromatic N) is 2. The van der Waals surface area contributed by atoms with E-state index in [4.69, 9.17) is 23.9 Å². The standard InChI is InChI=1S/C34H34N2O7S/c1-5-7-14-42-26-13-8-20(17-27(26)40-4)30-29(31(37)21-9-12-25-22(16-21)15-19(3)43-25)32(38)33(39)36(30)34-35-24-11-10-23(41-6-2)18-28(24)44-34/h8-13,16-19,30,37H,5-7,14-15H2,1-4H3/t19-,30-/m1/s1. The van der Waals surface area contributed by atoms with E-state index in [0.717, 1.165) is 28.9 Å². The Bertz CT molecular complexity index is 1780. The van der Waals surface area contributed by atoms with Crippen LogP contribution in [0.1, 0.15) is 56.3 Å². The third-order valence-corrected chi connectivity index (χ3v) is 8.76. The highest BCUT2D eigenvalue weighted by Crippen LogP contribution is 2.46. The lowest BCUT2D eigenvalue weighted by molar-refractivity contribution is -0.132. The SMILES string of the molecule is CCCCOc1ccc([C@@H]2C(=C(O)c3ccc4c(c3)C[C@@H](C)O4)C(=O)C(=O)N2c2nc3ccc(OCC)cc3s2)cc1OC. The fourth-order valence-electron chi connectivity index (χ4n) is 5.62. The molecule has 0 saturated carbocycles. The van der Waals surface area contributed by atoms with Gasteiger partial charge < -0.3 is 24.1 Å². The number of hydrogen-bond acceptors (Lipinski definition) is 9. The number of rotatable bonds is 10. The van der Waals surface area contributed by atoms with Gasteiger partial charge in [0.25, 0.3) is 5.78 Å². The van der Waals surface area contributed by atoms with Crippen LogP contribution in [0.3, 0.4) is 0 Å². The molecule has 1 saturated heterocycles. The summed E-state index contributed by atoms with van der Waals surface area (Å²) in [4.78, 5) is 33.7. The molecule has 44 heavy (non-hydrogen) atoms. The summed E-state index contributed by atoms with van der Waals surface area (Å²) in [5, 5.41) is 12.0. The van der Waals surface area contributed by atoms with Gasteiger partial charge in [0, 0.05) is 12.0 Å². The van der Waals surface area contributed by atoms with Crippen LogP contribution in [0.4, 0.5) is 5.13 Å². The Hall–Kier alpha value is -4.57. The van der Waals surface area contributed by atoms with Crippen molar-refractivity contribution in [2.45, 2.75) is 52.2 Å². The van der Waals surface area contributed by atoms with Crippen molar-refractivity contribution in [3.63, 3.8) is 0 Å². The first-order valence-electron chi connectivity index (χ1n) is 14.8. The molecule has 2 aliphatic heterocycles. The average molecular weight is 615 g/mol. The molecule has 0 unspecified atom stereocenters. The minimum Gasteiger partial charge on any atom is -0.507 e. The van der Waals surface area contributed by atoms with Crippen molar-refractivity contribution in [3.05, 3.63) is 76.9 Å². The van der Waals surface area contributed by atoms with Crippen LogP contribution in [0, 0.1) is 0 Å². The van der Waals surface area contributed by atoms with Gasteiger partial charge in [0.2, 0.25) is 0 Å². The molecule has 1 N–H and O–H groups in total. The summed E-state index contributed by atoms with van der Waals surface area (Å²) in [7, 11) is 1.54. The van der Waals surface area contributed by atoms with Crippen LogP contribution in [0.15, 0.2) is 60.2 Å². The smallest absolute Gasteiger partial charge is 0.301 e. The van der Waals surface area contributed by atoms with Crippen LogP contribution >= 0.6 is 11.3 Å². The van der Waals surface area contributed by atoms with E-state index in [1.54, 1.807) is 37.4 Å². The number of ether oxygens (including phenoxy) is 4. The zero-order valence-corrected chi connectivity index (χ0v) is 25.9. The van der Waals surface area contributed by atoms with Gasteiger partial charge in [-0.05, 0) is 79.9 Å². The van der Waals surface area contributed by atoms with E-state index in [-0.39, 0.29) is 17.4 Å². The van der Waals surface area contributed by atoms with Crippen molar-refractivity contribution in [2.75, 3.05) is 25.2 Å². The number of carbonyl (C=O) groups excluding carboxylic acids is 2. The number of Topliss-reactive ketones (excluding diaryl/α,β-unsaturated/α-hetero) is 1. The summed E-state index contributed by atoms with van der Waals surface area (Å²) >= 11 is 1.28. The Morgan fingerprint density at radius 3 is 2.68 bits per heavy atom. The normalized spacial score (nSPS) is 18.9. The Labute approximate surface area is 259 Å². The molecule has 9 nitrogen and oxygen atoms in total. The molecule has 3 aromatic carbocycles. The fourth-order valence-corrected chi connectivity index (χ4v) is 6.64. The monoisotopic (exact) mass is 614 g/mol. The van der Waals surface area contributed by atoms with Gasteiger partial charge in [-0.3, -0.25) is 14.5 Å². The van der Waals surface area contributed by atoms with E-state index >= 15 is 0 Å². The van der Waals surface area contributed by atoms with Crippen LogP contribution in [0.5, 0.6) is 23.0 Å². The topological polar surface area (TPSA) is 107 Å². The predicted octanol–water partition coefficient (Wildman–Crippen LogP) is 6.83. The molecule has 0 spiro atoms. The highest BCUT2D eigenvalue weighted by molar-refractivity contribution is 7.22. The number of unbranched alkanes of at least 4 members (excludes halogenated alkanes) is 1. The number of hydrogen-bond donors (Lipinski definition) is 1. The lowest BCUT2D eigenvalue weighted by atomic mass is 9.94. The summed E-state index contributed by atoms with van der Waals surface area (Å²) in [6.07, 6.45) is 2.57. The first kappa shape index (κ1) is 29.5. The molecule has 228 valence electrons. The number of benzene rings is 3. The maximum atomic E-state index is 13.8. The quantitative estimate of drug-likeness (QED) is 0.0896. The fraction of sp³-hybridized carbons (Fsp3) is 0.324. The van der Waals surface area contributed by atoms with Crippen molar-refractivity contribution in [1.82, 2.24) is 4.98 Å². The van der Waals surface area contributed by atoms with E-state index < -0.39 is 17.7 Å². The summed E-state index contributed by atoms with van der Waals surface area (Å²) in [5.74, 6) is 0.606. The van der Waals surface area contributed by atoms with Gasteiger partial charge in [0.15, 0.2) is 16.6 Å². The summed E-state index contributed by atoms with van der Waals surface area (Å²) in [5.41, 5.74) is 2.57. The molecule has 1 aromatic heterocycles. The van der Waals surface area contributed by atoms with Gasteiger partial charge in [-0.2, -0.15) is 0 Å². The Morgan fingerprint density at radius 1 is 1.07 bits per heavy atom. The number of methoxy groups -OCH3 is 1. The number of ketones is 1. The third kappa shape index (κ3) is 5.34. The highest BCUT2D eigenvalue weighted by atomic mass is 32.1. The third-order valence-electron chi connectivity index (χ3n) is 7.74. The number of aliphatic hydroxyl groups excluding tert-OH is 1. The second-order valence-electron chi connectivity index (χ2n) is 10.8. The van der Waals surface area contributed by atoms with Crippen molar-refractivity contribution in [2.24, 2.45) is 0 Å². The van der Waals surface area contributed by atoms with Crippen LogP contribution < -0.4 is 23.8 Å². The molecule has 0 aliphatic carbocycles. The van der Waals surface area contributed by atoms with E-state index in [1.807, 2.05) is 38.1 Å². The molecular weight excluding hydrogens is 580 g/mol. The largest absolute Gasteiger partial charge is 0.507 e. The Kier molecular flexibility index (Phi) is 8.18. The van der Waals surface area contributed by atoms with Gasteiger partial charge in [0.05, 0.1) is 42.2 Å². The summed E-state index contributed by atoms with van der Waals surface area (Å²) in [6.45, 7) is 7.01. The second kappa shape index (κ2) is 12.2. The predicted molar refractivity (Wildman–Crippen MR) is 169 cm³/mol. The van der Waals surface area contributed by atoms with Gasteiger partial charge in [-0.1, -0.05) is 30.7 Å². The van der Waals surface area contributed by atoms with Crippen LogP contribution in [-0.2, 0) is 16.0 Å². The molecule has 0 radical (unpaired) electrons. The minimum atomic E-state index is -0.969. The minimum absolute atomic E-state index is 0.0146. The van der Waals surface area contributed by atoms with Gasteiger partial charge in [-0.25, -0.2) is 4.98 Å². The second-order valence-corrected chi connectivity index (χ2v) is 11.8. The number of aliphatic hydroxyl groups is 1. The Balaban J connectivity index is 1.50. The summed E-state index contributed by atoms with van der Waals surface area (Å²) < 4.78 is 23.9. The zero-order chi connectivity index (χ0) is 31.0. The van der Waals surface area contributed by atoms with Crippen molar-refractivity contribution in [1.29, 1.82) is 0 Å². The lowest BCUT2D eigenvalue weighted by Gasteiger charge is -2.24. The van der Waals surface area contributed by atoms with Crippen molar-refractivity contribution < 1.29 is 33.6 Å². The number of carbonyl (C=O) groups is 2. The molecule has 0 bridgehead atoms. The zero-order valence-electron chi connectivity index (χ0n) is 25.1. The first-order chi connectivity index (χ1) is 21.3. The van der Waals surface area contributed by atoms with E-state index in [2.05, 4.69) is 6.92 Å². The molecule has 6 rings (SSSR count). The maximum absolute atomic E-state index is 13.8. The number of anilines is 1. The molecule has 2 aliphatic rings. The van der Waals surface area contributed by atoms with Crippen LogP contribution in [0.2, 0.25) is 0 Å². The van der Waals surface area contributed by atoms with Crippen molar-refractivity contribution in [3.8, 4) is 23.0 Å². The Morgan fingerprint density at radius 2 is 1.91 bits per heavy atom. The number of thiazole rings is 1. The molecular formula is C34H34N2O7S. The molecule has 2 atom stereocenters. The van der Waals surface area contributed by atoms with Gasteiger partial charge in [-0.15, -0.1) is 0 Å². The van der Waals surface area contributed by atoms with Crippen molar-refractivity contribution >= 4 is 44.1 Å². The summed E-state index contributed by atoms with van der Waals surface area (Å²) in [6, 6.07) is 15.2. The van der Waals surface area contributed by atoms with E-state index in [1.165, 1.54) is 16.2 Å². The molecule has 4 aromatic rings. The number of amides is 1. The van der Waals surface area contributed by atoms with Gasteiger partial charge in [0.1, 0.15) is 23.4 Å². The van der Waals surface area contributed by atoms with E-state index in [9.17, 15) is 14.7 Å².